The Labute approximate surface area is 155 Å². The van der Waals surface area contributed by atoms with Gasteiger partial charge in [0.05, 0.1) is 12.0 Å². The van der Waals surface area contributed by atoms with Gasteiger partial charge in [0.15, 0.2) is 5.17 Å². The first-order valence-electron chi connectivity index (χ1n) is 7.62. The number of amidine groups is 1. The van der Waals surface area contributed by atoms with Crippen LogP contribution in [0.4, 0.5) is 0 Å². The Kier molecular flexibility index (Phi) is 5.73. The van der Waals surface area contributed by atoms with Gasteiger partial charge in [0.1, 0.15) is 12.4 Å². The number of amides is 1. The largest absolute Gasteiger partial charge is 0.488 e. The molecule has 0 spiro atoms. The van der Waals surface area contributed by atoms with E-state index in [2.05, 4.69) is 15.5 Å². The molecule has 1 N–H and O–H groups in total. The smallest absolute Gasteiger partial charge is 0.236 e. The fourth-order valence-corrected chi connectivity index (χ4v) is 3.01. The van der Waals surface area contributed by atoms with Crippen LogP contribution in [-0.2, 0) is 11.4 Å². The first-order chi connectivity index (χ1) is 12.1. The monoisotopic (exact) mass is 373 g/mol. The van der Waals surface area contributed by atoms with Crippen LogP contribution in [0.1, 0.15) is 16.7 Å². The van der Waals surface area contributed by atoms with Crippen LogP contribution < -0.4 is 10.1 Å². The molecule has 1 amide bonds. The Morgan fingerprint density at radius 3 is 2.92 bits per heavy atom. The number of rotatable bonds is 5. The molecule has 2 aromatic rings. The molecule has 1 aliphatic heterocycles. The van der Waals surface area contributed by atoms with Crippen molar-refractivity contribution in [1.29, 1.82) is 0 Å². The highest BCUT2D eigenvalue weighted by molar-refractivity contribution is 8.15. The third-order valence-corrected chi connectivity index (χ3v) is 4.65. The summed E-state index contributed by atoms with van der Waals surface area (Å²) in [6.07, 6.45) is 1.57. The van der Waals surface area contributed by atoms with Gasteiger partial charge in [-0.1, -0.05) is 47.6 Å². The standard InChI is InChI=1S/C18H16ClN3O2S/c1-12-4-2-3-5-13(12)10-24-16-7-6-15(19)8-14(16)9-20-22-18-21-17(23)11-25-18/h2-9H,10-11H2,1H3,(H,21,22,23). The number of nitrogens with one attached hydrogen (secondary N) is 1. The number of halogens is 1. The number of thioether (sulfide) groups is 1. The van der Waals surface area contributed by atoms with Crippen molar-refractivity contribution in [2.24, 2.45) is 10.2 Å². The van der Waals surface area contributed by atoms with E-state index in [1.54, 1.807) is 24.4 Å². The van der Waals surface area contributed by atoms with Crippen molar-refractivity contribution < 1.29 is 9.53 Å². The minimum atomic E-state index is -0.0658. The maximum atomic E-state index is 11.1. The maximum Gasteiger partial charge on any atom is 0.236 e. The summed E-state index contributed by atoms with van der Waals surface area (Å²) in [7, 11) is 0. The lowest BCUT2D eigenvalue weighted by Gasteiger charge is -2.11. The number of carbonyl (C=O) groups excluding carboxylic acids is 1. The van der Waals surface area contributed by atoms with Crippen LogP contribution in [-0.4, -0.2) is 23.0 Å². The number of ether oxygens (including phenoxy) is 1. The molecule has 128 valence electrons. The number of hydrogen-bond acceptors (Lipinski definition) is 5. The number of nitrogens with zero attached hydrogens (tertiary/aromatic N) is 2. The van der Waals surface area contributed by atoms with Crippen LogP contribution in [0.5, 0.6) is 5.75 Å². The lowest BCUT2D eigenvalue weighted by molar-refractivity contribution is -0.116. The summed E-state index contributed by atoms with van der Waals surface area (Å²) in [4.78, 5) is 11.1. The van der Waals surface area contributed by atoms with Crippen molar-refractivity contribution in [2.75, 3.05) is 5.75 Å². The normalized spacial score (nSPS) is 15.8. The highest BCUT2D eigenvalue weighted by Gasteiger charge is 2.16. The van der Waals surface area contributed by atoms with E-state index in [1.165, 1.54) is 17.3 Å². The molecule has 0 bridgehead atoms. The Morgan fingerprint density at radius 1 is 1.32 bits per heavy atom. The van der Waals surface area contributed by atoms with Crippen LogP contribution in [0.2, 0.25) is 5.02 Å². The van der Waals surface area contributed by atoms with Gasteiger partial charge in [0.2, 0.25) is 5.91 Å². The van der Waals surface area contributed by atoms with Crippen molar-refractivity contribution in [3.63, 3.8) is 0 Å². The highest BCUT2D eigenvalue weighted by atomic mass is 35.5. The predicted octanol–water partition coefficient (Wildman–Crippen LogP) is 3.78. The van der Waals surface area contributed by atoms with Gasteiger partial charge < -0.3 is 10.1 Å². The first-order valence-corrected chi connectivity index (χ1v) is 8.99. The van der Waals surface area contributed by atoms with Gasteiger partial charge in [0, 0.05) is 10.6 Å². The fraction of sp³-hybridized carbons (Fsp3) is 0.167. The number of benzene rings is 2. The summed E-state index contributed by atoms with van der Waals surface area (Å²) >= 11 is 7.39. The molecule has 3 rings (SSSR count). The summed E-state index contributed by atoms with van der Waals surface area (Å²) in [5.74, 6) is 0.972. The van der Waals surface area contributed by atoms with E-state index < -0.39 is 0 Å². The third-order valence-electron chi connectivity index (χ3n) is 3.55. The van der Waals surface area contributed by atoms with Crippen molar-refractivity contribution in [3.8, 4) is 5.75 Å². The van der Waals surface area contributed by atoms with Crippen LogP contribution in [0.25, 0.3) is 0 Å². The lowest BCUT2D eigenvalue weighted by Crippen LogP contribution is -2.19. The molecule has 0 aliphatic carbocycles. The molecular weight excluding hydrogens is 358 g/mol. The van der Waals surface area contributed by atoms with Crippen molar-refractivity contribution in [2.45, 2.75) is 13.5 Å². The second-order valence-electron chi connectivity index (χ2n) is 5.38. The zero-order valence-electron chi connectivity index (χ0n) is 13.5. The van der Waals surface area contributed by atoms with Gasteiger partial charge in [-0.15, -0.1) is 5.10 Å². The molecule has 0 unspecified atom stereocenters. The Hall–Kier alpha value is -2.31. The molecule has 0 atom stereocenters. The molecular formula is C18H16ClN3O2S. The molecule has 5 nitrogen and oxygen atoms in total. The Bertz CT molecular complexity index is 852. The van der Waals surface area contributed by atoms with Crippen molar-refractivity contribution >= 4 is 40.7 Å². The van der Waals surface area contributed by atoms with Gasteiger partial charge in [0.25, 0.3) is 0 Å². The van der Waals surface area contributed by atoms with Crippen LogP contribution >= 0.6 is 23.4 Å². The zero-order chi connectivity index (χ0) is 17.6. The minimum absolute atomic E-state index is 0.0658. The van der Waals surface area contributed by atoms with E-state index in [9.17, 15) is 4.79 Å². The lowest BCUT2D eigenvalue weighted by atomic mass is 10.1. The molecule has 1 aliphatic rings. The van der Waals surface area contributed by atoms with Crippen LogP contribution in [0.15, 0.2) is 52.7 Å². The molecule has 2 aromatic carbocycles. The summed E-state index contributed by atoms with van der Waals surface area (Å²) in [5.41, 5.74) is 3.01. The average molecular weight is 374 g/mol. The quantitative estimate of drug-likeness (QED) is 0.640. The number of aryl methyl sites for hydroxylation is 1. The molecule has 0 aromatic heterocycles. The highest BCUT2D eigenvalue weighted by Crippen LogP contribution is 2.23. The molecule has 25 heavy (non-hydrogen) atoms. The van der Waals surface area contributed by atoms with Gasteiger partial charge in [-0.25, -0.2) is 0 Å². The van der Waals surface area contributed by atoms with Crippen molar-refractivity contribution in [1.82, 2.24) is 5.32 Å². The van der Waals surface area contributed by atoms with E-state index >= 15 is 0 Å². The summed E-state index contributed by atoms with van der Waals surface area (Å²) < 4.78 is 5.93. The topological polar surface area (TPSA) is 63.1 Å². The molecule has 1 heterocycles. The summed E-state index contributed by atoms with van der Waals surface area (Å²) in [6.45, 7) is 2.50. The average Bonchev–Trinajstić information content (AvgIpc) is 3.01. The first kappa shape index (κ1) is 17.5. The zero-order valence-corrected chi connectivity index (χ0v) is 15.1. The molecule has 1 saturated heterocycles. The van der Waals surface area contributed by atoms with E-state index in [0.29, 0.717) is 28.3 Å². The molecule has 7 heteroatoms. The maximum absolute atomic E-state index is 11.1. The van der Waals surface area contributed by atoms with Crippen molar-refractivity contribution in [3.05, 3.63) is 64.2 Å². The molecule has 0 radical (unpaired) electrons. The molecule has 1 fully saturated rings. The van der Waals surface area contributed by atoms with E-state index in [-0.39, 0.29) is 5.91 Å². The van der Waals surface area contributed by atoms with Crippen LogP contribution in [0.3, 0.4) is 0 Å². The Morgan fingerprint density at radius 2 is 2.16 bits per heavy atom. The van der Waals surface area contributed by atoms with Gasteiger partial charge in [-0.05, 0) is 36.2 Å². The number of hydrogen-bond donors (Lipinski definition) is 1. The second kappa shape index (κ2) is 8.18. The third kappa shape index (κ3) is 4.84. The fourth-order valence-electron chi connectivity index (χ4n) is 2.20. The van der Waals surface area contributed by atoms with Gasteiger partial charge in [-0.3, -0.25) is 4.79 Å². The molecule has 0 saturated carbocycles. The SMILES string of the molecule is Cc1ccccc1COc1ccc(Cl)cc1C=NN=C1NC(=O)CS1. The van der Waals surface area contributed by atoms with Gasteiger partial charge >= 0.3 is 0 Å². The predicted molar refractivity (Wildman–Crippen MR) is 103 cm³/mol. The van der Waals surface area contributed by atoms with E-state index in [1.807, 2.05) is 31.2 Å². The minimum Gasteiger partial charge on any atom is -0.488 e. The van der Waals surface area contributed by atoms with Gasteiger partial charge in [-0.2, -0.15) is 5.10 Å². The Balaban J connectivity index is 1.74. The summed E-state index contributed by atoms with van der Waals surface area (Å²) in [6, 6.07) is 13.4. The van der Waals surface area contributed by atoms with E-state index in [0.717, 1.165) is 11.1 Å². The van der Waals surface area contributed by atoms with Crippen LogP contribution in [0, 0.1) is 6.92 Å². The second-order valence-corrected chi connectivity index (χ2v) is 6.78. The van der Waals surface area contributed by atoms with E-state index in [4.69, 9.17) is 16.3 Å². The number of carbonyl (C=O) groups is 1. The summed E-state index contributed by atoms with van der Waals surface area (Å²) in [5, 5.41) is 11.7.